The molecule has 0 fully saturated rings. The number of hydrogen-bond acceptors (Lipinski definition) is 11. The standard InChI is InChI=1S/C18H13NO.C18H12NO.2C11H8N.C6H2.CH4O3S.2CH4O.B.2Ir/c2*1-12-6-9-16(19-11-12)13-7-8-15-14-4-2-3-5-17(14)20-18(15)10-13;2*1-2-6-10(7-3-1)11-8-4-5-9-12-11;1-3-5-6-4-2;1-5(2,3)4;2*1-2;;;/h2-11H,1H3;2-6,8-11H,1H3;2*1-6,8-9H;1-2H;1H3,(H,2,3,4);2*2H,1H3;;;/q;3*-1;;;;;;;/p-1/i2*1D3,6D,9D;;;;;;;;;. The number of aryl methyl sites for hydroxylation is 2. The fourth-order valence-electron chi connectivity index (χ4n) is 6.82. The first-order chi connectivity index (χ1) is 42.6. The van der Waals surface area contributed by atoms with E-state index in [1.54, 1.807) is 36.7 Å². The van der Waals surface area contributed by atoms with Crippen molar-refractivity contribution in [3.8, 4) is 81.6 Å². The Morgan fingerprint density at radius 2 is 0.963 bits per heavy atom. The minimum absolute atomic E-state index is 0. The van der Waals surface area contributed by atoms with Crippen LogP contribution in [0.25, 0.3) is 88.9 Å². The molecule has 12 rings (SSSR count). The number of nitrogens with zero attached hydrogens (tertiary/aromatic N) is 4. The molecule has 15 heteroatoms. The van der Waals surface area contributed by atoms with E-state index in [4.69, 9.17) is 58.6 Å². The van der Waals surface area contributed by atoms with Crippen molar-refractivity contribution in [3.05, 3.63) is 242 Å². The van der Waals surface area contributed by atoms with Crippen LogP contribution in [0.5, 0.6) is 0 Å². The maximum Gasteiger partial charge on any atom is 0.136 e. The van der Waals surface area contributed by atoms with Crippen LogP contribution in [0.1, 0.15) is 24.8 Å². The molecule has 0 aliphatic rings. The van der Waals surface area contributed by atoms with Gasteiger partial charge in [0, 0.05) is 118 Å². The van der Waals surface area contributed by atoms with Crippen molar-refractivity contribution >= 4 is 62.4 Å². The predicted molar refractivity (Wildman–Crippen MR) is 322 cm³/mol. The Hall–Kier alpha value is -8.61. The van der Waals surface area contributed by atoms with Crippen LogP contribution in [-0.2, 0) is 50.3 Å². The number of para-hydroxylation sites is 2. The summed E-state index contributed by atoms with van der Waals surface area (Å²) in [5, 5.41) is 17.8. The molecular weight excluding hydrogens is 1400 g/mol. The average Bonchev–Trinajstić information content (AvgIpc) is 1.50. The minimum Gasteiger partial charge on any atom is -0.748 e. The van der Waals surface area contributed by atoms with Gasteiger partial charge in [0.05, 0.1) is 26.9 Å². The van der Waals surface area contributed by atoms with Crippen molar-refractivity contribution in [1.82, 2.24) is 19.9 Å². The fraction of sp³-hybridized carbons (Fsp3) is 0.0746. The minimum atomic E-state index is -3.92. The molecule has 6 aromatic carbocycles. The molecule has 6 heterocycles. The second-order valence-corrected chi connectivity index (χ2v) is 16.7. The van der Waals surface area contributed by atoms with E-state index in [2.05, 4.69) is 61.8 Å². The molecule has 0 amide bonds. The third-order valence-corrected chi connectivity index (χ3v) is 10.0. The average molecular weight is 1460 g/mol. The number of pyridine rings is 4. The number of terminal acetylenes is 2. The first kappa shape index (κ1) is 54.0. The zero-order chi connectivity index (χ0) is 65.3. The van der Waals surface area contributed by atoms with Crippen LogP contribution in [0.15, 0.2) is 222 Å². The van der Waals surface area contributed by atoms with Crippen LogP contribution in [0.3, 0.4) is 0 Å². The van der Waals surface area contributed by atoms with Gasteiger partial charge in [-0.3, -0.25) is 4.98 Å². The molecule has 0 spiro atoms. The number of aromatic nitrogens is 4. The van der Waals surface area contributed by atoms with E-state index in [9.17, 15) is 0 Å². The van der Waals surface area contributed by atoms with Gasteiger partial charge in [-0.25, -0.2) is 8.42 Å². The van der Waals surface area contributed by atoms with Crippen molar-refractivity contribution in [2.45, 2.75) is 13.7 Å². The maximum atomic E-state index is 9.08. The molecule has 415 valence electrons. The summed E-state index contributed by atoms with van der Waals surface area (Å²) in [6, 6.07) is 59.9. The van der Waals surface area contributed by atoms with E-state index in [1.165, 1.54) is 0 Å². The van der Waals surface area contributed by atoms with Crippen molar-refractivity contribution < 1.29 is 85.9 Å². The molecule has 0 bridgehead atoms. The van der Waals surface area contributed by atoms with Gasteiger partial charge in [-0.05, 0) is 113 Å². The number of furan rings is 2. The summed E-state index contributed by atoms with van der Waals surface area (Å²) in [6.07, 6.45) is 15.9. The van der Waals surface area contributed by atoms with Crippen LogP contribution >= 0.6 is 0 Å². The second kappa shape index (κ2) is 37.4. The van der Waals surface area contributed by atoms with Gasteiger partial charge in [-0.15, -0.1) is 102 Å². The van der Waals surface area contributed by atoms with Gasteiger partial charge in [0.15, 0.2) is 0 Å². The van der Waals surface area contributed by atoms with Crippen LogP contribution in [-0.4, -0.2) is 72.0 Å². The van der Waals surface area contributed by atoms with E-state index in [1.807, 2.05) is 140 Å². The predicted octanol–water partition coefficient (Wildman–Crippen LogP) is 13.1. The molecule has 6 aromatic heterocycles. The number of rotatable bonds is 4. The molecule has 0 aliphatic heterocycles. The molecule has 11 nitrogen and oxygen atoms in total. The van der Waals surface area contributed by atoms with Crippen molar-refractivity contribution in [1.29, 1.82) is 0 Å². The van der Waals surface area contributed by atoms with E-state index in [-0.39, 0.29) is 95.3 Å². The second-order valence-electron chi connectivity index (χ2n) is 15.3. The summed E-state index contributed by atoms with van der Waals surface area (Å²) < 4.78 is 116. The molecule has 0 aliphatic carbocycles. The van der Waals surface area contributed by atoms with Crippen LogP contribution in [0, 0.1) is 68.4 Å². The van der Waals surface area contributed by atoms with E-state index in [0.29, 0.717) is 28.5 Å². The van der Waals surface area contributed by atoms with Crippen LogP contribution < -0.4 is 0 Å². The van der Waals surface area contributed by atoms with E-state index < -0.39 is 23.8 Å². The van der Waals surface area contributed by atoms with Crippen LogP contribution in [0.2, 0.25) is 0 Å². The molecule has 12 aromatic rings. The largest absolute Gasteiger partial charge is 0.748 e. The first-order valence-corrected chi connectivity index (χ1v) is 25.0. The maximum absolute atomic E-state index is 9.08. The third-order valence-electron chi connectivity index (χ3n) is 10.0. The monoisotopic (exact) mass is 1470 g/mol. The zero-order valence-corrected chi connectivity index (χ0v) is 49.5. The normalized spacial score (nSPS) is 11.5. The molecule has 0 saturated heterocycles. The number of aliphatic hydroxyl groups is 2. The quantitative estimate of drug-likeness (QED) is 0.0742. The number of aliphatic hydroxyl groups excluding tert-OH is 2. The molecule has 82 heavy (non-hydrogen) atoms. The van der Waals surface area contributed by atoms with Gasteiger partial charge >= 0.3 is 0 Å². The number of fused-ring (bicyclic) bond motifs is 6. The Labute approximate surface area is 523 Å². The Morgan fingerprint density at radius 1 is 0.524 bits per heavy atom. The van der Waals surface area contributed by atoms with E-state index >= 15 is 0 Å². The van der Waals surface area contributed by atoms with Gasteiger partial charge in [0.25, 0.3) is 0 Å². The SMILES string of the molecule is C#CC#CC#C.CO.CO.CS(=O)(=O)[O-].[2H]c1c(C([2H])([2H])[2H])cnc(-c2[c-]cc3c(c2)oc2ccccc23)c1[2H].[2H]c1c(C([2H])([2H])[2H])cnc(-c2ccc3c(c2)oc2ccccc23)c1[2H].[B].[Ir].[Ir].[c-]1ccccc1-c1ccccn1.[c-]1ccccc1-c1ccccn1. The van der Waals surface area contributed by atoms with Crippen molar-refractivity contribution in [3.63, 3.8) is 0 Å². The molecule has 5 radical (unpaired) electrons. The van der Waals surface area contributed by atoms with Gasteiger partial charge in [-0.1, -0.05) is 96.3 Å². The Bertz CT molecular complexity index is 4190. The summed E-state index contributed by atoms with van der Waals surface area (Å²) >= 11 is 0. The number of benzene rings is 6. The molecular formula is C67H54BIr2N4O7S-4. The van der Waals surface area contributed by atoms with Crippen molar-refractivity contribution in [2.24, 2.45) is 0 Å². The Balaban J connectivity index is 0.000000399. The number of hydrogen-bond donors (Lipinski definition) is 2. The fourth-order valence-corrected chi connectivity index (χ4v) is 6.82. The Morgan fingerprint density at radius 3 is 1.43 bits per heavy atom. The van der Waals surface area contributed by atoms with Gasteiger partial charge in [0.1, 0.15) is 16.7 Å². The summed E-state index contributed by atoms with van der Waals surface area (Å²) in [4.78, 5) is 16.7. The van der Waals surface area contributed by atoms with Gasteiger partial charge < -0.3 is 38.6 Å². The smallest absolute Gasteiger partial charge is 0.136 e. The van der Waals surface area contributed by atoms with Gasteiger partial charge in [-0.2, -0.15) is 0 Å². The zero-order valence-electron chi connectivity index (χ0n) is 53.9. The molecule has 0 saturated carbocycles. The summed E-state index contributed by atoms with van der Waals surface area (Å²) in [7, 11) is -1.92. The Kier molecular flexibility index (Phi) is 24.6. The summed E-state index contributed by atoms with van der Waals surface area (Å²) in [5.41, 5.74) is 7.96. The van der Waals surface area contributed by atoms with Crippen molar-refractivity contribution in [2.75, 3.05) is 20.5 Å². The topological polar surface area (TPSA) is 175 Å². The van der Waals surface area contributed by atoms with Crippen LogP contribution in [0.4, 0.5) is 0 Å². The summed E-state index contributed by atoms with van der Waals surface area (Å²) in [5.74, 6) is 8.61. The molecule has 0 unspecified atom stereocenters. The molecule has 2 N–H and O–H groups in total. The third kappa shape index (κ3) is 22.1. The first-order valence-electron chi connectivity index (χ1n) is 28.2. The molecule has 0 atom stereocenters. The van der Waals surface area contributed by atoms with E-state index in [0.717, 1.165) is 81.8 Å². The van der Waals surface area contributed by atoms with Gasteiger partial charge in [0.2, 0.25) is 0 Å². The summed E-state index contributed by atoms with van der Waals surface area (Å²) in [6.45, 7) is -4.92.